The molecule has 1 atom stereocenters. The molecule has 0 unspecified atom stereocenters. The van der Waals surface area contributed by atoms with Gasteiger partial charge in [0.2, 0.25) is 11.8 Å². The molecule has 4 aromatic rings. The van der Waals surface area contributed by atoms with E-state index in [0.29, 0.717) is 18.0 Å². The predicted octanol–water partition coefficient (Wildman–Crippen LogP) is 5.44. The van der Waals surface area contributed by atoms with Crippen LogP contribution in [-0.4, -0.2) is 58.5 Å². The van der Waals surface area contributed by atoms with Crippen LogP contribution in [0, 0.1) is 0 Å². The Labute approximate surface area is 273 Å². The van der Waals surface area contributed by atoms with E-state index in [9.17, 15) is 18.0 Å². The number of hydrogen-bond acceptors (Lipinski definition) is 6. The number of likely N-dealkylation sites (N-methyl/N-ethyl adjacent to an activating group) is 1. The number of amides is 2. The summed E-state index contributed by atoms with van der Waals surface area (Å²) in [5.74, 6) is -0.198. The minimum Gasteiger partial charge on any atom is -0.493 e. The van der Waals surface area contributed by atoms with Crippen molar-refractivity contribution in [1.82, 2.24) is 10.2 Å². The second-order valence-electron chi connectivity index (χ2n) is 10.1. The number of carbonyl (C=O) groups is 2. The second-order valence-corrected chi connectivity index (χ2v) is 12.9. The van der Waals surface area contributed by atoms with Gasteiger partial charge in [0.15, 0.2) is 11.5 Å². The molecule has 0 aromatic heterocycles. The number of rotatable bonds is 14. The summed E-state index contributed by atoms with van der Waals surface area (Å²) in [7, 11) is -1.31. The molecular formula is C34H36BrN3O6S. The molecule has 0 fully saturated rings. The standard InChI is InChI=1S/C34H36BrN3O6S/c1-4-36-34(40)30(21-25-12-7-5-8-13-25)37(23-26-14-11-15-27(35)20-26)33(39)24-38(45(41,42)29-16-9-6-10-17-29)28-18-19-31(43-2)32(22-28)44-3/h5-20,22,30H,4,21,23-24H2,1-3H3,(H,36,40)/t30-/m1/s1. The van der Waals surface area contributed by atoms with Crippen LogP contribution in [0.5, 0.6) is 11.5 Å². The zero-order chi connectivity index (χ0) is 32.4. The van der Waals surface area contributed by atoms with Gasteiger partial charge in [-0.3, -0.25) is 13.9 Å². The fourth-order valence-electron chi connectivity index (χ4n) is 4.91. The molecular weight excluding hydrogens is 658 g/mol. The number of carbonyl (C=O) groups excluding carboxylic acids is 2. The third kappa shape index (κ3) is 8.43. The average molecular weight is 695 g/mol. The lowest BCUT2D eigenvalue weighted by Gasteiger charge is -2.34. The molecule has 0 bridgehead atoms. The molecule has 236 valence electrons. The van der Waals surface area contributed by atoms with Crippen molar-refractivity contribution in [3.05, 3.63) is 119 Å². The second kappa shape index (κ2) is 15.6. The van der Waals surface area contributed by atoms with E-state index in [4.69, 9.17) is 9.47 Å². The van der Waals surface area contributed by atoms with E-state index in [1.54, 1.807) is 30.3 Å². The summed E-state index contributed by atoms with van der Waals surface area (Å²) in [6.45, 7) is 1.66. The fourth-order valence-corrected chi connectivity index (χ4v) is 6.78. The Balaban J connectivity index is 1.83. The van der Waals surface area contributed by atoms with Crippen molar-refractivity contribution in [3.63, 3.8) is 0 Å². The number of ether oxygens (including phenoxy) is 2. The van der Waals surface area contributed by atoms with E-state index in [1.807, 2.05) is 61.5 Å². The topological polar surface area (TPSA) is 105 Å². The number of benzene rings is 4. The first-order valence-corrected chi connectivity index (χ1v) is 16.6. The fraction of sp³-hybridized carbons (Fsp3) is 0.235. The lowest BCUT2D eigenvalue weighted by molar-refractivity contribution is -0.140. The summed E-state index contributed by atoms with van der Waals surface area (Å²) >= 11 is 3.49. The summed E-state index contributed by atoms with van der Waals surface area (Å²) in [5, 5.41) is 2.86. The number of nitrogens with one attached hydrogen (secondary N) is 1. The van der Waals surface area contributed by atoms with E-state index >= 15 is 0 Å². The maximum absolute atomic E-state index is 14.5. The molecule has 4 aromatic carbocycles. The van der Waals surface area contributed by atoms with Crippen molar-refractivity contribution in [2.75, 3.05) is 31.6 Å². The van der Waals surface area contributed by atoms with E-state index in [1.165, 1.54) is 37.3 Å². The van der Waals surface area contributed by atoms with Crippen LogP contribution in [0.4, 0.5) is 5.69 Å². The van der Waals surface area contributed by atoms with Gasteiger partial charge in [0.1, 0.15) is 12.6 Å². The maximum atomic E-state index is 14.5. The molecule has 0 aliphatic carbocycles. The summed E-state index contributed by atoms with van der Waals surface area (Å²) in [5.41, 5.74) is 1.82. The zero-order valence-electron chi connectivity index (χ0n) is 25.4. The summed E-state index contributed by atoms with van der Waals surface area (Å²) in [6.07, 6.45) is 0.230. The SMILES string of the molecule is CCNC(=O)[C@@H](Cc1ccccc1)N(Cc1cccc(Br)c1)C(=O)CN(c1ccc(OC)c(OC)c1)S(=O)(=O)c1ccccc1. The zero-order valence-corrected chi connectivity index (χ0v) is 27.8. The number of sulfonamides is 1. The van der Waals surface area contributed by atoms with Crippen molar-refractivity contribution in [1.29, 1.82) is 0 Å². The summed E-state index contributed by atoms with van der Waals surface area (Å²) in [4.78, 5) is 29.5. The highest BCUT2D eigenvalue weighted by molar-refractivity contribution is 9.10. The molecule has 0 aliphatic heterocycles. The van der Waals surface area contributed by atoms with Crippen molar-refractivity contribution in [3.8, 4) is 11.5 Å². The lowest BCUT2D eigenvalue weighted by atomic mass is 10.0. The first-order valence-electron chi connectivity index (χ1n) is 14.3. The number of halogens is 1. The molecule has 0 saturated heterocycles. The molecule has 1 N–H and O–H groups in total. The Morgan fingerprint density at radius 3 is 2.09 bits per heavy atom. The summed E-state index contributed by atoms with van der Waals surface area (Å²) < 4.78 is 40.9. The van der Waals surface area contributed by atoms with Gasteiger partial charge in [-0.25, -0.2) is 8.42 Å². The minimum absolute atomic E-state index is 0.00989. The Kier molecular flexibility index (Phi) is 11.6. The molecule has 0 heterocycles. The van der Waals surface area contributed by atoms with E-state index in [-0.39, 0.29) is 29.5 Å². The third-order valence-electron chi connectivity index (χ3n) is 7.13. The molecule has 45 heavy (non-hydrogen) atoms. The first-order chi connectivity index (χ1) is 21.7. The highest BCUT2D eigenvalue weighted by Gasteiger charge is 2.34. The van der Waals surface area contributed by atoms with Crippen molar-refractivity contribution in [2.45, 2.75) is 30.8 Å². The maximum Gasteiger partial charge on any atom is 0.264 e. The normalized spacial score (nSPS) is 11.7. The van der Waals surface area contributed by atoms with Crippen LogP contribution in [0.15, 0.2) is 112 Å². The van der Waals surface area contributed by atoms with E-state index in [0.717, 1.165) is 19.9 Å². The molecule has 0 spiro atoms. The van der Waals surface area contributed by atoms with Gasteiger partial charge in [-0.1, -0.05) is 76.6 Å². The summed E-state index contributed by atoms with van der Waals surface area (Å²) in [6, 6.07) is 28.5. The van der Waals surface area contributed by atoms with Crippen molar-refractivity contribution >= 4 is 43.5 Å². The molecule has 11 heteroatoms. The number of methoxy groups -OCH3 is 2. The van der Waals surface area contributed by atoms with Crippen LogP contribution in [0.25, 0.3) is 0 Å². The monoisotopic (exact) mass is 693 g/mol. The van der Waals surface area contributed by atoms with Gasteiger partial charge >= 0.3 is 0 Å². The highest BCUT2D eigenvalue weighted by atomic mass is 79.9. The smallest absolute Gasteiger partial charge is 0.264 e. The highest BCUT2D eigenvalue weighted by Crippen LogP contribution is 2.34. The Bertz CT molecular complexity index is 1700. The van der Waals surface area contributed by atoms with Gasteiger partial charge in [-0.15, -0.1) is 0 Å². The molecule has 0 aliphatic rings. The molecule has 0 saturated carbocycles. The number of nitrogens with zero attached hydrogens (tertiary/aromatic N) is 2. The van der Waals surface area contributed by atoms with Gasteiger partial charge < -0.3 is 19.7 Å². The van der Waals surface area contributed by atoms with E-state index in [2.05, 4.69) is 21.2 Å². The van der Waals surface area contributed by atoms with Crippen LogP contribution in [-0.2, 0) is 32.6 Å². The van der Waals surface area contributed by atoms with Gasteiger partial charge in [0.25, 0.3) is 10.0 Å². The predicted molar refractivity (Wildman–Crippen MR) is 178 cm³/mol. The van der Waals surface area contributed by atoms with Gasteiger partial charge in [0, 0.05) is 30.0 Å². The quantitative estimate of drug-likeness (QED) is 0.189. The Morgan fingerprint density at radius 2 is 1.47 bits per heavy atom. The molecule has 2 amide bonds. The van der Waals surface area contributed by atoms with Crippen LogP contribution in [0.2, 0.25) is 0 Å². The van der Waals surface area contributed by atoms with Gasteiger partial charge in [-0.05, 0) is 54.4 Å². The Hall–Kier alpha value is -4.35. The van der Waals surface area contributed by atoms with Crippen LogP contribution in [0.1, 0.15) is 18.1 Å². The lowest BCUT2D eigenvalue weighted by Crippen LogP contribution is -2.53. The van der Waals surface area contributed by atoms with Crippen molar-refractivity contribution < 1.29 is 27.5 Å². The minimum atomic E-state index is -4.24. The van der Waals surface area contributed by atoms with Crippen LogP contribution in [0.3, 0.4) is 0 Å². The number of anilines is 1. The van der Waals surface area contributed by atoms with Gasteiger partial charge in [-0.2, -0.15) is 0 Å². The molecule has 9 nitrogen and oxygen atoms in total. The first kappa shape index (κ1) is 33.5. The Morgan fingerprint density at radius 1 is 0.822 bits per heavy atom. The number of hydrogen-bond donors (Lipinski definition) is 1. The molecule has 4 rings (SSSR count). The average Bonchev–Trinajstić information content (AvgIpc) is 3.05. The largest absolute Gasteiger partial charge is 0.493 e. The third-order valence-corrected chi connectivity index (χ3v) is 9.41. The molecule has 0 radical (unpaired) electrons. The van der Waals surface area contributed by atoms with Crippen LogP contribution >= 0.6 is 15.9 Å². The van der Waals surface area contributed by atoms with E-state index < -0.39 is 28.5 Å². The van der Waals surface area contributed by atoms with Gasteiger partial charge in [0.05, 0.1) is 24.8 Å². The van der Waals surface area contributed by atoms with Crippen LogP contribution < -0.4 is 19.1 Å². The van der Waals surface area contributed by atoms with Crippen molar-refractivity contribution in [2.24, 2.45) is 0 Å².